The SMILES string of the molecule is [B]c1cccc2c1Cc1cc3c(cc1-2)Cc1ccccc1-3. The molecule has 0 N–H and O–H groups in total. The van der Waals surface area contributed by atoms with E-state index >= 15 is 0 Å². The van der Waals surface area contributed by atoms with Gasteiger partial charge in [-0.1, -0.05) is 47.9 Å². The Morgan fingerprint density at radius 1 is 0.619 bits per heavy atom. The summed E-state index contributed by atoms with van der Waals surface area (Å²) in [5.41, 5.74) is 12.0. The minimum atomic E-state index is 0.921. The summed E-state index contributed by atoms with van der Waals surface area (Å²) in [6, 6.07) is 19.8. The van der Waals surface area contributed by atoms with Gasteiger partial charge in [0.2, 0.25) is 0 Å². The Hall–Kier alpha value is -2.28. The summed E-state index contributed by atoms with van der Waals surface area (Å²) in [6.07, 6.45) is 2.02. The Bertz CT molecular complexity index is 906. The van der Waals surface area contributed by atoms with Gasteiger partial charge in [-0.2, -0.15) is 0 Å². The van der Waals surface area contributed by atoms with Crippen LogP contribution in [0.4, 0.5) is 0 Å². The number of benzene rings is 3. The summed E-state index contributed by atoms with van der Waals surface area (Å²) in [5, 5.41) is 0. The Morgan fingerprint density at radius 3 is 2.24 bits per heavy atom. The van der Waals surface area contributed by atoms with Crippen molar-refractivity contribution in [3.8, 4) is 22.3 Å². The molecule has 0 heterocycles. The zero-order chi connectivity index (χ0) is 14.0. The lowest BCUT2D eigenvalue weighted by Crippen LogP contribution is -2.08. The molecule has 2 aliphatic carbocycles. The van der Waals surface area contributed by atoms with Crippen molar-refractivity contribution >= 4 is 13.3 Å². The molecule has 0 atom stereocenters. The smallest absolute Gasteiger partial charge is 0.0926 e. The Morgan fingerprint density at radius 2 is 1.33 bits per heavy atom. The van der Waals surface area contributed by atoms with E-state index in [1.807, 2.05) is 6.07 Å². The maximum Gasteiger partial charge on any atom is 0.114 e. The third-order valence-electron chi connectivity index (χ3n) is 4.89. The lowest BCUT2D eigenvalue weighted by Gasteiger charge is -2.06. The van der Waals surface area contributed by atoms with Gasteiger partial charge >= 0.3 is 0 Å². The maximum absolute atomic E-state index is 6.15. The van der Waals surface area contributed by atoms with Crippen molar-refractivity contribution in [3.63, 3.8) is 0 Å². The number of rotatable bonds is 0. The van der Waals surface area contributed by atoms with E-state index in [9.17, 15) is 0 Å². The van der Waals surface area contributed by atoms with Gasteiger partial charge in [0.15, 0.2) is 0 Å². The molecule has 0 fully saturated rings. The molecule has 21 heavy (non-hydrogen) atoms. The van der Waals surface area contributed by atoms with Gasteiger partial charge in [-0.3, -0.25) is 0 Å². The third kappa shape index (κ3) is 1.46. The van der Waals surface area contributed by atoms with Gasteiger partial charge in [-0.15, -0.1) is 0 Å². The van der Waals surface area contributed by atoms with Gasteiger partial charge in [-0.25, -0.2) is 0 Å². The predicted octanol–water partition coefficient (Wildman–Crippen LogP) is 3.62. The van der Waals surface area contributed by atoms with E-state index in [-0.39, 0.29) is 0 Å². The zero-order valence-corrected chi connectivity index (χ0v) is 11.7. The van der Waals surface area contributed by atoms with E-state index in [4.69, 9.17) is 7.85 Å². The lowest BCUT2D eigenvalue weighted by atomic mass is 9.88. The molecule has 5 rings (SSSR count). The first-order valence-corrected chi connectivity index (χ1v) is 7.43. The van der Waals surface area contributed by atoms with Crippen LogP contribution in [-0.4, -0.2) is 7.85 Å². The van der Waals surface area contributed by atoms with Crippen molar-refractivity contribution in [2.45, 2.75) is 12.8 Å². The normalized spacial score (nSPS) is 13.5. The molecule has 0 amide bonds. The molecule has 0 saturated carbocycles. The fourth-order valence-corrected chi connectivity index (χ4v) is 3.87. The average molecular weight is 264 g/mol. The zero-order valence-electron chi connectivity index (χ0n) is 11.7. The van der Waals surface area contributed by atoms with Crippen LogP contribution in [0.15, 0.2) is 54.6 Å². The molecule has 0 aliphatic heterocycles. The first kappa shape index (κ1) is 11.4. The van der Waals surface area contributed by atoms with Gasteiger partial charge in [0, 0.05) is 0 Å². The van der Waals surface area contributed by atoms with E-state index in [0.29, 0.717) is 0 Å². The molecular weight excluding hydrogens is 251 g/mol. The minimum Gasteiger partial charge on any atom is -0.0926 e. The van der Waals surface area contributed by atoms with Crippen molar-refractivity contribution < 1.29 is 0 Å². The number of hydrogen-bond donors (Lipinski definition) is 0. The molecule has 0 spiro atoms. The van der Waals surface area contributed by atoms with Crippen molar-refractivity contribution in [2.75, 3.05) is 0 Å². The van der Waals surface area contributed by atoms with Crippen molar-refractivity contribution in [1.29, 1.82) is 0 Å². The summed E-state index contributed by atoms with van der Waals surface area (Å²) >= 11 is 0. The largest absolute Gasteiger partial charge is 0.114 e. The summed E-state index contributed by atoms with van der Waals surface area (Å²) < 4.78 is 0. The van der Waals surface area contributed by atoms with Crippen LogP contribution in [0, 0.1) is 0 Å². The van der Waals surface area contributed by atoms with Crippen LogP contribution in [0.3, 0.4) is 0 Å². The molecule has 2 aliphatic rings. The van der Waals surface area contributed by atoms with Gasteiger partial charge in [-0.05, 0) is 69.5 Å². The molecule has 0 nitrogen and oxygen atoms in total. The van der Waals surface area contributed by atoms with Crippen molar-refractivity contribution in [2.24, 2.45) is 0 Å². The molecule has 1 heteroatoms. The monoisotopic (exact) mass is 264 g/mol. The summed E-state index contributed by atoms with van der Waals surface area (Å²) in [4.78, 5) is 0. The molecule has 0 saturated heterocycles. The van der Waals surface area contributed by atoms with E-state index < -0.39 is 0 Å². The fraction of sp³-hybridized carbons (Fsp3) is 0.100. The quantitative estimate of drug-likeness (QED) is 0.375. The maximum atomic E-state index is 6.15. The van der Waals surface area contributed by atoms with Crippen LogP contribution >= 0.6 is 0 Å². The Kier molecular flexibility index (Phi) is 2.11. The average Bonchev–Trinajstić information content (AvgIpc) is 3.04. The van der Waals surface area contributed by atoms with E-state index in [1.54, 1.807) is 0 Å². The highest BCUT2D eigenvalue weighted by atomic mass is 14.3. The number of fused-ring (bicyclic) bond motifs is 6. The highest BCUT2D eigenvalue weighted by Crippen LogP contribution is 2.43. The predicted molar refractivity (Wildman–Crippen MR) is 88.3 cm³/mol. The van der Waals surface area contributed by atoms with Crippen molar-refractivity contribution in [1.82, 2.24) is 0 Å². The van der Waals surface area contributed by atoms with E-state index in [2.05, 4.69) is 48.5 Å². The molecule has 0 aromatic heterocycles. The Labute approximate surface area is 125 Å². The molecule has 0 unspecified atom stereocenters. The first-order chi connectivity index (χ1) is 10.3. The molecular formula is C20H13B. The lowest BCUT2D eigenvalue weighted by molar-refractivity contribution is 1.24. The highest BCUT2D eigenvalue weighted by molar-refractivity contribution is 6.34. The van der Waals surface area contributed by atoms with E-state index in [1.165, 1.54) is 44.5 Å². The van der Waals surface area contributed by atoms with Crippen LogP contribution in [0.2, 0.25) is 0 Å². The minimum absolute atomic E-state index is 0.921. The van der Waals surface area contributed by atoms with Gasteiger partial charge in [0.25, 0.3) is 0 Å². The third-order valence-corrected chi connectivity index (χ3v) is 4.89. The van der Waals surface area contributed by atoms with Crippen LogP contribution < -0.4 is 5.46 Å². The molecule has 96 valence electrons. The van der Waals surface area contributed by atoms with Crippen LogP contribution in [0.1, 0.15) is 22.3 Å². The van der Waals surface area contributed by atoms with Crippen LogP contribution in [0.5, 0.6) is 0 Å². The molecule has 2 radical (unpaired) electrons. The summed E-state index contributed by atoms with van der Waals surface area (Å²) in [7, 11) is 6.15. The van der Waals surface area contributed by atoms with Crippen LogP contribution in [0.25, 0.3) is 22.3 Å². The second-order valence-electron chi connectivity index (χ2n) is 6.05. The van der Waals surface area contributed by atoms with Crippen molar-refractivity contribution in [3.05, 3.63) is 76.9 Å². The number of hydrogen-bond acceptors (Lipinski definition) is 0. The fourth-order valence-electron chi connectivity index (χ4n) is 3.87. The second-order valence-corrected chi connectivity index (χ2v) is 6.05. The van der Waals surface area contributed by atoms with Gasteiger partial charge in [0.1, 0.15) is 7.85 Å². The molecule has 0 bridgehead atoms. The van der Waals surface area contributed by atoms with E-state index in [0.717, 1.165) is 18.3 Å². The second kappa shape index (κ2) is 3.88. The molecule has 3 aromatic carbocycles. The Balaban J connectivity index is 1.75. The molecule has 3 aromatic rings. The van der Waals surface area contributed by atoms with Gasteiger partial charge < -0.3 is 0 Å². The topological polar surface area (TPSA) is 0 Å². The summed E-state index contributed by atoms with van der Waals surface area (Å²) in [6.45, 7) is 0. The highest BCUT2D eigenvalue weighted by Gasteiger charge is 2.25. The van der Waals surface area contributed by atoms with Crippen LogP contribution in [-0.2, 0) is 12.8 Å². The first-order valence-electron chi connectivity index (χ1n) is 7.43. The standard InChI is InChI=1S/C20H13B/c21-20-7-3-6-16-18-9-13-8-12-4-1-2-5-15(12)17(13)10-14(18)11-19(16)20/h1-7,9-10H,8,11H2. The van der Waals surface area contributed by atoms with Gasteiger partial charge in [0.05, 0.1) is 0 Å². The summed E-state index contributed by atoms with van der Waals surface area (Å²) in [5.74, 6) is 0.